The van der Waals surface area contributed by atoms with E-state index in [-0.39, 0.29) is 24.9 Å². The zero-order valence-electron chi connectivity index (χ0n) is 14.9. The molecule has 1 unspecified atom stereocenters. The van der Waals surface area contributed by atoms with Crippen LogP contribution in [0.4, 0.5) is 0 Å². The van der Waals surface area contributed by atoms with Crippen molar-refractivity contribution < 1.29 is 4.79 Å². The Balaban J connectivity index is 1.51. The number of rotatable bonds is 4. The van der Waals surface area contributed by atoms with Gasteiger partial charge in [0.15, 0.2) is 0 Å². The molecule has 0 spiro atoms. The molecule has 1 aromatic heterocycles. The van der Waals surface area contributed by atoms with Crippen molar-refractivity contribution in [2.45, 2.75) is 38.3 Å². The first-order valence-corrected chi connectivity index (χ1v) is 9.22. The molecule has 6 heteroatoms. The number of hydrogen-bond acceptors (Lipinski definition) is 3. The molecule has 0 saturated heterocycles. The van der Waals surface area contributed by atoms with Crippen LogP contribution in [-0.2, 0) is 17.8 Å². The van der Waals surface area contributed by atoms with Crippen molar-refractivity contribution in [2.75, 3.05) is 0 Å². The van der Waals surface area contributed by atoms with Crippen LogP contribution >= 0.6 is 0 Å². The van der Waals surface area contributed by atoms with Crippen LogP contribution in [0.15, 0.2) is 58.1 Å². The highest BCUT2D eigenvalue weighted by atomic mass is 16.2. The van der Waals surface area contributed by atoms with Gasteiger partial charge in [0.25, 0.3) is 5.56 Å². The summed E-state index contributed by atoms with van der Waals surface area (Å²) in [4.78, 5) is 38.9. The van der Waals surface area contributed by atoms with Crippen molar-refractivity contribution in [3.05, 3.63) is 80.5 Å². The third kappa shape index (κ3) is 3.43. The normalized spacial score (nSPS) is 16.1. The minimum Gasteiger partial charge on any atom is -0.349 e. The minimum absolute atomic E-state index is 0.0199. The molecule has 0 bridgehead atoms. The molecule has 1 aliphatic rings. The summed E-state index contributed by atoms with van der Waals surface area (Å²) in [6.07, 6.45) is 3.19. The molecule has 0 aliphatic heterocycles. The molecule has 0 radical (unpaired) electrons. The van der Waals surface area contributed by atoms with Gasteiger partial charge in [-0.25, -0.2) is 4.79 Å². The number of fused-ring (bicyclic) bond motifs is 2. The summed E-state index contributed by atoms with van der Waals surface area (Å²) in [5.41, 5.74) is 2.12. The van der Waals surface area contributed by atoms with Gasteiger partial charge >= 0.3 is 5.69 Å². The monoisotopic (exact) mass is 363 g/mol. The van der Waals surface area contributed by atoms with Crippen LogP contribution in [0.1, 0.15) is 36.4 Å². The molecule has 1 aliphatic carbocycles. The van der Waals surface area contributed by atoms with Gasteiger partial charge in [-0.3, -0.25) is 19.1 Å². The standard InChI is InChI=1S/C21H21N3O3/c25-19(22-17-10-5-7-14-6-1-2-8-15(14)17)12-13-24-18-11-4-3-9-16(18)20(26)23-21(24)27/h1-4,6,8-9,11,17H,5,7,10,12-13H2,(H,22,25)(H,23,26,27). The maximum absolute atomic E-state index is 12.5. The van der Waals surface area contributed by atoms with Crippen LogP contribution < -0.4 is 16.6 Å². The highest BCUT2D eigenvalue weighted by Gasteiger charge is 2.21. The Morgan fingerprint density at radius 1 is 1.11 bits per heavy atom. The smallest absolute Gasteiger partial charge is 0.328 e. The van der Waals surface area contributed by atoms with E-state index < -0.39 is 11.2 Å². The van der Waals surface area contributed by atoms with Gasteiger partial charge in [0, 0.05) is 13.0 Å². The molecular formula is C21H21N3O3. The average molecular weight is 363 g/mol. The van der Waals surface area contributed by atoms with E-state index in [4.69, 9.17) is 0 Å². The number of hydrogen-bond donors (Lipinski definition) is 2. The van der Waals surface area contributed by atoms with Crippen molar-refractivity contribution >= 4 is 16.8 Å². The van der Waals surface area contributed by atoms with Gasteiger partial charge in [-0.15, -0.1) is 0 Å². The molecule has 1 amide bonds. The van der Waals surface area contributed by atoms with Gasteiger partial charge in [0.2, 0.25) is 5.91 Å². The zero-order chi connectivity index (χ0) is 18.8. The first-order chi connectivity index (χ1) is 13.1. The fraction of sp³-hybridized carbons (Fsp3) is 0.286. The van der Waals surface area contributed by atoms with E-state index in [1.165, 1.54) is 15.7 Å². The van der Waals surface area contributed by atoms with Gasteiger partial charge in [0.1, 0.15) is 0 Å². The van der Waals surface area contributed by atoms with E-state index in [1.54, 1.807) is 24.3 Å². The summed E-state index contributed by atoms with van der Waals surface area (Å²) in [6, 6.07) is 15.1. The summed E-state index contributed by atoms with van der Waals surface area (Å²) in [7, 11) is 0. The van der Waals surface area contributed by atoms with E-state index in [2.05, 4.69) is 22.4 Å². The van der Waals surface area contributed by atoms with E-state index in [0.29, 0.717) is 10.9 Å². The number of aromatic amines is 1. The number of aryl methyl sites for hydroxylation is 2. The van der Waals surface area contributed by atoms with E-state index in [1.807, 2.05) is 12.1 Å². The first-order valence-electron chi connectivity index (χ1n) is 9.22. The fourth-order valence-electron chi connectivity index (χ4n) is 3.85. The fourth-order valence-corrected chi connectivity index (χ4v) is 3.85. The topological polar surface area (TPSA) is 84.0 Å². The Morgan fingerprint density at radius 3 is 2.78 bits per heavy atom. The highest BCUT2D eigenvalue weighted by molar-refractivity contribution is 5.79. The lowest BCUT2D eigenvalue weighted by atomic mass is 9.88. The van der Waals surface area contributed by atoms with Gasteiger partial charge in [0.05, 0.1) is 16.9 Å². The number of nitrogens with one attached hydrogen (secondary N) is 2. The van der Waals surface area contributed by atoms with Crippen molar-refractivity contribution in [2.24, 2.45) is 0 Å². The number of carbonyl (C=O) groups is 1. The number of para-hydroxylation sites is 1. The van der Waals surface area contributed by atoms with Gasteiger partial charge in [-0.2, -0.15) is 0 Å². The van der Waals surface area contributed by atoms with Crippen molar-refractivity contribution in [3.63, 3.8) is 0 Å². The highest BCUT2D eigenvalue weighted by Crippen LogP contribution is 2.29. The van der Waals surface area contributed by atoms with Gasteiger partial charge < -0.3 is 5.32 Å². The molecule has 27 heavy (non-hydrogen) atoms. The van der Waals surface area contributed by atoms with Crippen LogP contribution in [0.2, 0.25) is 0 Å². The number of nitrogens with zero attached hydrogens (tertiary/aromatic N) is 1. The van der Waals surface area contributed by atoms with Crippen LogP contribution in [0, 0.1) is 0 Å². The van der Waals surface area contributed by atoms with E-state index >= 15 is 0 Å². The lowest BCUT2D eigenvalue weighted by Gasteiger charge is -2.26. The second-order valence-electron chi connectivity index (χ2n) is 6.89. The predicted molar refractivity (Wildman–Crippen MR) is 104 cm³/mol. The molecule has 138 valence electrons. The summed E-state index contributed by atoms with van der Waals surface area (Å²) >= 11 is 0. The molecule has 0 fully saturated rings. The number of benzene rings is 2. The molecule has 4 rings (SSSR count). The third-order valence-corrected chi connectivity index (χ3v) is 5.17. The maximum Gasteiger partial charge on any atom is 0.328 e. The SMILES string of the molecule is O=C(CCn1c(=O)[nH]c(=O)c2ccccc21)NC1CCCc2ccccc21. The number of H-pyrrole nitrogens is 1. The zero-order valence-corrected chi connectivity index (χ0v) is 14.9. The molecule has 1 atom stereocenters. The van der Waals surface area contributed by atoms with Crippen molar-refractivity contribution in [1.29, 1.82) is 0 Å². The number of aromatic nitrogens is 2. The Labute approximate surface area is 155 Å². The van der Waals surface area contributed by atoms with Crippen molar-refractivity contribution in [1.82, 2.24) is 14.9 Å². The maximum atomic E-state index is 12.5. The molecule has 6 nitrogen and oxygen atoms in total. The van der Waals surface area contributed by atoms with Crippen LogP contribution in [0.5, 0.6) is 0 Å². The van der Waals surface area contributed by atoms with Crippen molar-refractivity contribution in [3.8, 4) is 0 Å². The Hall–Kier alpha value is -3.15. The van der Waals surface area contributed by atoms with Crippen LogP contribution in [0.25, 0.3) is 10.9 Å². The lowest BCUT2D eigenvalue weighted by Crippen LogP contribution is -2.34. The molecule has 0 saturated carbocycles. The second kappa shape index (κ2) is 7.23. The molecule has 1 heterocycles. The van der Waals surface area contributed by atoms with Crippen LogP contribution in [0.3, 0.4) is 0 Å². The van der Waals surface area contributed by atoms with E-state index in [9.17, 15) is 14.4 Å². The quantitative estimate of drug-likeness (QED) is 0.746. The average Bonchev–Trinajstić information content (AvgIpc) is 2.68. The Morgan fingerprint density at radius 2 is 1.89 bits per heavy atom. The van der Waals surface area contributed by atoms with Crippen LogP contribution in [-0.4, -0.2) is 15.5 Å². The second-order valence-corrected chi connectivity index (χ2v) is 6.89. The lowest BCUT2D eigenvalue weighted by molar-refractivity contribution is -0.122. The number of carbonyl (C=O) groups excluding carboxylic acids is 1. The summed E-state index contributed by atoms with van der Waals surface area (Å²) in [5.74, 6) is -0.0983. The molecule has 3 aromatic rings. The molecular weight excluding hydrogens is 342 g/mol. The molecule has 2 N–H and O–H groups in total. The summed E-state index contributed by atoms with van der Waals surface area (Å²) in [5, 5.41) is 3.54. The first kappa shape index (κ1) is 17.3. The predicted octanol–water partition coefficient (Wildman–Crippen LogP) is 2.27. The van der Waals surface area contributed by atoms with Gasteiger partial charge in [-0.1, -0.05) is 36.4 Å². The largest absolute Gasteiger partial charge is 0.349 e. The van der Waals surface area contributed by atoms with E-state index in [0.717, 1.165) is 19.3 Å². The third-order valence-electron chi connectivity index (χ3n) is 5.17. The Kier molecular flexibility index (Phi) is 4.62. The summed E-state index contributed by atoms with van der Waals surface area (Å²) < 4.78 is 1.45. The minimum atomic E-state index is -0.491. The summed E-state index contributed by atoms with van der Waals surface area (Å²) in [6.45, 7) is 0.219. The van der Waals surface area contributed by atoms with Gasteiger partial charge in [-0.05, 0) is 42.5 Å². The Bertz CT molecular complexity index is 1110. The molecule has 2 aromatic carbocycles. The number of amides is 1.